The number of aliphatic hydroxyl groups is 1. The molecule has 0 saturated heterocycles. The van der Waals surface area contributed by atoms with Gasteiger partial charge >= 0.3 is 0 Å². The first-order valence-electron chi connectivity index (χ1n) is 6.68. The van der Waals surface area contributed by atoms with E-state index in [1.165, 1.54) is 6.42 Å². The Kier molecular flexibility index (Phi) is 5.92. The second-order valence-corrected chi connectivity index (χ2v) is 5.35. The number of likely N-dealkylation sites (N-methyl/N-ethyl adjacent to an activating group) is 1. The number of amides is 1. The first kappa shape index (κ1) is 14.5. The summed E-state index contributed by atoms with van der Waals surface area (Å²) in [5.74, 6) is 0.142. The minimum atomic E-state index is -0.199. The van der Waals surface area contributed by atoms with Crippen molar-refractivity contribution >= 4 is 5.91 Å². The summed E-state index contributed by atoms with van der Waals surface area (Å²) in [7, 11) is 2.03. The zero-order valence-corrected chi connectivity index (χ0v) is 11.3. The smallest absolute Gasteiger partial charge is 0.222 e. The van der Waals surface area contributed by atoms with Gasteiger partial charge in [0.15, 0.2) is 0 Å². The fourth-order valence-electron chi connectivity index (χ4n) is 2.33. The van der Waals surface area contributed by atoms with Gasteiger partial charge in [0.05, 0.1) is 6.10 Å². The molecule has 0 radical (unpaired) electrons. The number of hydrogen-bond acceptors (Lipinski definition) is 3. The Labute approximate surface area is 104 Å². The van der Waals surface area contributed by atoms with E-state index >= 15 is 0 Å². The summed E-state index contributed by atoms with van der Waals surface area (Å²) in [5.41, 5.74) is 0. The maximum atomic E-state index is 11.4. The van der Waals surface area contributed by atoms with Gasteiger partial charge in [-0.1, -0.05) is 26.7 Å². The summed E-state index contributed by atoms with van der Waals surface area (Å²) in [5, 5.41) is 12.8. The number of carbonyl (C=O) groups is 1. The molecule has 0 aromatic rings. The third-order valence-corrected chi connectivity index (χ3v) is 3.55. The number of aliphatic hydroxyl groups excluding tert-OH is 1. The molecular weight excluding hydrogens is 216 g/mol. The highest BCUT2D eigenvalue weighted by Crippen LogP contribution is 2.21. The summed E-state index contributed by atoms with van der Waals surface area (Å²) in [4.78, 5) is 13.6. The van der Waals surface area contributed by atoms with Gasteiger partial charge in [-0.3, -0.25) is 9.69 Å². The molecule has 1 fully saturated rings. The van der Waals surface area contributed by atoms with Crippen LogP contribution in [0.3, 0.4) is 0 Å². The van der Waals surface area contributed by atoms with Crippen molar-refractivity contribution in [2.45, 2.75) is 51.7 Å². The van der Waals surface area contributed by atoms with Crippen molar-refractivity contribution in [3.05, 3.63) is 0 Å². The van der Waals surface area contributed by atoms with Crippen LogP contribution < -0.4 is 5.32 Å². The van der Waals surface area contributed by atoms with Crippen molar-refractivity contribution in [2.24, 2.45) is 5.92 Å². The summed E-state index contributed by atoms with van der Waals surface area (Å²) in [6.07, 6.45) is 4.11. The molecule has 1 amide bonds. The van der Waals surface area contributed by atoms with Crippen LogP contribution in [-0.4, -0.2) is 48.2 Å². The molecule has 1 aliphatic rings. The van der Waals surface area contributed by atoms with Gasteiger partial charge in [0, 0.05) is 25.0 Å². The maximum absolute atomic E-state index is 11.4. The van der Waals surface area contributed by atoms with E-state index in [-0.39, 0.29) is 24.0 Å². The molecule has 1 saturated carbocycles. The molecule has 17 heavy (non-hydrogen) atoms. The molecule has 0 spiro atoms. The number of nitrogens with zero attached hydrogens (tertiary/aromatic N) is 1. The minimum absolute atomic E-state index is 0.0422. The van der Waals surface area contributed by atoms with E-state index in [4.69, 9.17) is 0 Å². The Morgan fingerprint density at radius 1 is 1.41 bits per heavy atom. The van der Waals surface area contributed by atoms with E-state index in [9.17, 15) is 9.90 Å². The van der Waals surface area contributed by atoms with Crippen molar-refractivity contribution in [2.75, 3.05) is 20.1 Å². The van der Waals surface area contributed by atoms with Gasteiger partial charge in [0.1, 0.15) is 0 Å². The van der Waals surface area contributed by atoms with Crippen LogP contribution >= 0.6 is 0 Å². The van der Waals surface area contributed by atoms with Crippen LogP contribution in [-0.2, 0) is 4.79 Å². The van der Waals surface area contributed by atoms with Crippen LogP contribution in [0.25, 0.3) is 0 Å². The average Bonchev–Trinajstić information content (AvgIpc) is 2.29. The molecule has 2 unspecified atom stereocenters. The standard InChI is InChI=1S/C13H26N2O2/c1-10(2)13(17)14-8-9-15(3)11-6-4-5-7-12(11)16/h10-12,16H,4-9H2,1-3H3,(H,14,17). The summed E-state index contributed by atoms with van der Waals surface area (Å²) >= 11 is 0. The minimum Gasteiger partial charge on any atom is -0.391 e. The molecule has 2 N–H and O–H groups in total. The van der Waals surface area contributed by atoms with E-state index < -0.39 is 0 Å². The van der Waals surface area contributed by atoms with Crippen LogP contribution in [0.2, 0.25) is 0 Å². The largest absolute Gasteiger partial charge is 0.391 e. The third-order valence-electron chi connectivity index (χ3n) is 3.55. The van der Waals surface area contributed by atoms with Crippen LogP contribution in [0.4, 0.5) is 0 Å². The molecule has 100 valence electrons. The van der Waals surface area contributed by atoms with Crippen LogP contribution in [0.5, 0.6) is 0 Å². The van der Waals surface area contributed by atoms with Gasteiger partial charge in [0.2, 0.25) is 5.91 Å². The average molecular weight is 242 g/mol. The quantitative estimate of drug-likeness (QED) is 0.756. The Hall–Kier alpha value is -0.610. The highest BCUT2D eigenvalue weighted by atomic mass is 16.3. The number of hydrogen-bond donors (Lipinski definition) is 2. The lowest BCUT2D eigenvalue weighted by molar-refractivity contribution is -0.124. The molecule has 1 rings (SSSR count). The van der Waals surface area contributed by atoms with Gasteiger partial charge in [-0.15, -0.1) is 0 Å². The lowest BCUT2D eigenvalue weighted by Crippen LogP contribution is -2.46. The van der Waals surface area contributed by atoms with Gasteiger partial charge in [-0.2, -0.15) is 0 Å². The second-order valence-electron chi connectivity index (χ2n) is 5.35. The molecule has 1 aliphatic carbocycles. The Morgan fingerprint density at radius 3 is 2.65 bits per heavy atom. The monoisotopic (exact) mass is 242 g/mol. The Balaban J connectivity index is 2.24. The molecule has 4 nitrogen and oxygen atoms in total. The molecule has 0 bridgehead atoms. The topological polar surface area (TPSA) is 52.6 Å². The fourth-order valence-corrected chi connectivity index (χ4v) is 2.33. The summed E-state index contributed by atoms with van der Waals surface area (Å²) in [6.45, 7) is 5.25. The van der Waals surface area contributed by atoms with Crippen molar-refractivity contribution < 1.29 is 9.90 Å². The zero-order valence-electron chi connectivity index (χ0n) is 11.3. The van der Waals surface area contributed by atoms with E-state index in [1.54, 1.807) is 0 Å². The molecule has 0 aromatic carbocycles. The first-order chi connectivity index (χ1) is 8.02. The third kappa shape index (κ3) is 4.64. The molecule has 0 heterocycles. The van der Waals surface area contributed by atoms with Crippen LogP contribution in [0, 0.1) is 5.92 Å². The van der Waals surface area contributed by atoms with Gasteiger partial charge in [0.25, 0.3) is 0 Å². The highest BCUT2D eigenvalue weighted by molar-refractivity contribution is 5.77. The maximum Gasteiger partial charge on any atom is 0.222 e. The number of rotatable bonds is 5. The number of carbonyl (C=O) groups excluding carboxylic acids is 1. The number of nitrogens with one attached hydrogen (secondary N) is 1. The van der Waals surface area contributed by atoms with E-state index in [1.807, 2.05) is 20.9 Å². The predicted molar refractivity (Wildman–Crippen MR) is 68.7 cm³/mol. The fraction of sp³-hybridized carbons (Fsp3) is 0.923. The second kappa shape index (κ2) is 6.97. The predicted octanol–water partition coefficient (Wildman–Crippen LogP) is 0.994. The highest BCUT2D eigenvalue weighted by Gasteiger charge is 2.26. The first-order valence-corrected chi connectivity index (χ1v) is 6.68. The van der Waals surface area contributed by atoms with Gasteiger partial charge < -0.3 is 10.4 Å². The SMILES string of the molecule is CC(C)C(=O)NCCN(C)C1CCCCC1O. The van der Waals surface area contributed by atoms with Crippen molar-refractivity contribution in [3.8, 4) is 0 Å². The van der Waals surface area contributed by atoms with Crippen LogP contribution in [0.15, 0.2) is 0 Å². The van der Waals surface area contributed by atoms with Crippen molar-refractivity contribution in [1.82, 2.24) is 10.2 Å². The van der Waals surface area contributed by atoms with E-state index in [0.29, 0.717) is 6.54 Å². The van der Waals surface area contributed by atoms with E-state index in [2.05, 4.69) is 10.2 Å². The molecule has 4 heteroatoms. The summed E-state index contributed by atoms with van der Waals surface area (Å²) in [6, 6.07) is 0.264. The summed E-state index contributed by atoms with van der Waals surface area (Å²) < 4.78 is 0. The lowest BCUT2D eigenvalue weighted by atomic mass is 9.91. The van der Waals surface area contributed by atoms with Crippen LogP contribution in [0.1, 0.15) is 39.5 Å². The van der Waals surface area contributed by atoms with Crippen molar-refractivity contribution in [3.63, 3.8) is 0 Å². The van der Waals surface area contributed by atoms with Gasteiger partial charge in [-0.25, -0.2) is 0 Å². The normalized spacial score (nSPS) is 25.3. The Morgan fingerprint density at radius 2 is 2.06 bits per heavy atom. The molecular formula is C13H26N2O2. The molecule has 0 aliphatic heterocycles. The molecule has 2 atom stereocenters. The molecule has 0 aromatic heterocycles. The zero-order chi connectivity index (χ0) is 12.8. The van der Waals surface area contributed by atoms with Gasteiger partial charge in [-0.05, 0) is 19.9 Å². The van der Waals surface area contributed by atoms with E-state index in [0.717, 1.165) is 25.8 Å². The Bertz CT molecular complexity index is 244. The van der Waals surface area contributed by atoms with Crippen molar-refractivity contribution in [1.29, 1.82) is 0 Å². The lowest BCUT2D eigenvalue weighted by Gasteiger charge is -2.35.